The Balaban J connectivity index is 2.87. The molecule has 0 aliphatic carbocycles. The van der Waals surface area contributed by atoms with Gasteiger partial charge in [0.2, 0.25) is 0 Å². The van der Waals surface area contributed by atoms with Gasteiger partial charge in [-0.15, -0.1) is 0 Å². The first-order valence-corrected chi connectivity index (χ1v) is 7.43. The average molecular weight is 276 g/mol. The maximum absolute atomic E-state index is 12.5. The smallest absolute Gasteiger partial charge is 0.316 e. The number of carbonyl (C=O) groups excluding carboxylic acids is 2. The lowest BCUT2D eigenvalue weighted by atomic mass is 9.92. The number of benzene rings is 1. The molecule has 3 nitrogen and oxygen atoms in total. The van der Waals surface area contributed by atoms with E-state index >= 15 is 0 Å². The number of aryl methyl sites for hydroxylation is 1. The second kappa shape index (κ2) is 8.51. The van der Waals surface area contributed by atoms with E-state index in [1.165, 1.54) is 5.56 Å². The average Bonchev–Trinajstić information content (AvgIpc) is 2.48. The summed E-state index contributed by atoms with van der Waals surface area (Å²) in [7, 11) is 0. The Morgan fingerprint density at radius 3 is 2.25 bits per heavy atom. The van der Waals surface area contributed by atoms with E-state index in [0.29, 0.717) is 18.6 Å². The third kappa shape index (κ3) is 4.48. The molecule has 1 aromatic carbocycles. The third-order valence-electron chi connectivity index (χ3n) is 3.38. The molecule has 0 amide bonds. The molecule has 0 spiro atoms. The molecule has 0 bridgehead atoms. The van der Waals surface area contributed by atoms with Gasteiger partial charge in [-0.3, -0.25) is 9.59 Å². The first-order chi connectivity index (χ1) is 9.63. The molecular weight excluding hydrogens is 252 g/mol. The number of Topliss-reactive ketones (excluding diaryl/α,β-unsaturated/α-hetero) is 1. The topological polar surface area (TPSA) is 43.4 Å². The summed E-state index contributed by atoms with van der Waals surface area (Å²) in [5.41, 5.74) is 1.78. The van der Waals surface area contributed by atoms with Gasteiger partial charge in [0.15, 0.2) is 5.78 Å². The number of ketones is 1. The third-order valence-corrected chi connectivity index (χ3v) is 3.38. The Bertz CT molecular complexity index is 434. The van der Waals surface area contributed by atoms with Crippen LogP contribution < -0.4 is 0 Å². The summed E-state index contributed by atoms with van der Waals surface area (Å²) in [5.74, 6) is -1.19. The van der Waals surface area contributed by atoms with Gasteiger partial charge in [-0.25, -0.2) is 0 Å². The lowest BCUT2D eigenvalue weighted by molar-refractivity contribution is -0.146. The quantitative estimate of drug-likeness (QED) is 0.412. The maximum Gasteiger partial charge on any atom is 0.316 e. The molecule has 110 valence electrons. The molecule has 0 aliphatic heterocycles. The summed E-state index contributed by atoms with van der Waals surface area (Å²) >= 11 is 0. The summed E-state index contributed by atoms with van der Waals surface area (Å²) in [4.78, 5) is 24.4. The molecule has 1 rings (SSSR count). The molecule has 0 saturated carbocycles. The Hall–Kier alpha value is -1.64. The van der Waals surface area contributed by atoms with E-state index in [9.17, 15) is 9.59 Å². The van der Waals surface area contributed by atoms with Crippen LogP contribution in [-0.4, -0.2) is 18.4 Å². The predicted molar refractivity (Wildman–Crippen MR) is 79.8 cm³/mol. The van der Waals surface area contributed by atoms with E-state index in [1.54, 1.807) is 19.1 Å². The minimum Gasteiger partial charge on any atom is -0.465 e. The lowest BCUT2D eigenvalue weighted by Crippen LogP contribution is -2.26. The second-order valence-electron chi connectivity index (χ2n) is 4.86. The minimum atomic E-state index is -0.664. The second-order valence-corrected chi connectivity index (χ2v) is 4.86. The van der Waals surface area contributed by atoms with Crippen LogP contribution in [-0.2, 0) is 16.0 Å². The van der Waals surface area contributed by atoms with Crippen LogP contribution in [0.5, 0.6) is 0 Å². The summed E-state index contributed by atoms with van der Waals surface area (Å²) < 4.78 is 5.03. The van der Waals surface area contributed by atoms with E-state index < -0.39 is 11.9 Å². The molecule has 0 radical (unpaired) electrons. The number of rotatable bonds is 8. The maximum atomic E-state index is 12.5. The van der Waals surface area contributed by atoms with Crippen LogP contribution in [0.25, 0.3) is 0 Å². The van der Waals surface area contributed by atoms with Crippen LogP contribution in [0.15, 0.2) is 24.3 Å². The summed E-state index contributed by atoms with van der Waals surface area (Å²) in [5, 5.41) is 0. The number of esters is 1. The van der Waals surface area contributed by atoms with Gasteiger partial charge in [0.25, 0.3) is 0 Å². The highest BCUT2D eigenvalue weighted by Gasteiger charge is 2.28. The van der Waals surface area contributed by atoms with Gasteiger partial charge in [-0.05, 0) is 25.3 Å². The van der Waals surface area contributed by atoms with Crippen molar-refractivity contribution in [1.82, 2.24) is 0 Å². The highest BCUT2D eigenvalue weighted by atomic mass is 16.5. The highest BCUT2D eigenvalue weighted by Crippen LogP contribution is 2.18. The van der Waals surface area contributed by atoms with Crippen LogP contribution in [0.2, 0.25) is 0 Å². The van der Waals surface area contributed by atoms with Crippen molar-refractivity contribution in [2.45, 2.75) is 46.5 Å². The van der Waals surface area contributed by atoms with Gasteiger partial charge < -0.3 is 4.74 Å². The van der Waals surface area contributed by atoms with Crippen LogP contribution in [0.3, 0.4) is 0 Å². The number of carbonyl (C=O) groups is 2. The van der Waals surface area contributed by atoms with Crippen molar-refractivity contribution in [1.29, 1.82) is 0 Å². The Morgan fingerprint density at radius 1 is 1.10 bits per heavy atom. The molecule has 0 aliphatic rings. The fraction of sp³-hybridized carbons (Fsp3) is 0.529. The fourth-order valence-corrected chi connectivity index (χ4v) is 2.11. The standard InChI is InChI=1S/C17H24O3/c1-4-7-8-15(17(19)20-6-3)16(18)14-11-9-13(5-2)10-12-14/h9-12,15H,4-8H2,1-3H3. The van der Waals surface area contributed by atoms with Crippen LogP contribution >= 0.6 is 0 Å². The van der Waals surface area contributed by atoms with E-state index in [-0.39, 0.29) is 5.78 Å². The number of hydrogen-bond acceptors (Lipinski definition) is 3. The molecule has 20 heavy (non-hydrogen) atoms. The number of ether oxygens (including phenoxy) is 1. The normalized spacial score (nSPS) is 11.9. The largest absolute Gasteiger partial charge is 0.465 e. The van der Waals surface area contributed by atoms with Gasteiger partial charge in [-0.2, -0.15) is 0 Å². The van der Waals surface area contributed by atoms with Crippen molar-refractivity contribution in [2.75, 3.05) is 6.61 Å². The van der Waals surface area contributed by atoms with E-state index in [2.05, 4.69) is 6.92 Å². The van der Waals surface area contributed by atoms with Gasteiger partial charge in [0.05, 0.1) is 6.61 Å². The Labute approximate surface area is 121 Å². The SMILES string of the molecule is CCCCC(C(=O)OCC)C(=O)c1ccc(CC)cc1. The van der Waals surface area contributed by atoms with Crippen LogP contribution in [0.4, 0.5) is 0 Å². The lowest BCUT2D eigenvalue weighted by Gasteiger charge is -2.14. The first kappa shape index (κ1) is 16.4. The summed E-state index contributed by atoms with van der Waals surface area (Å²) in [6.07, 6.45) is 3.30. The van der Waals surface area contributed by atoms with Crippen molar-refractivity contribution < 1.29 is 14.3 Å². The molecule has 1 aromatic rings. The van der Waals surface area contributed by atoms with Gasteiger partial charge >= 0.3 is 5.97 Å². The van der Waals surface area contributed by atoms with Crippen molar-refractivity contribution in [2.24, 2.45) is 5.92 Å². The zero-order valence-corrected chi connectivity index (χ0v) is 12.6. The highest BCUT2D eigenvalue weighted by molar-refractivity contribution is 6.08. The molecule has 0 heterocycles. The molecule has 0 N–H and O–H groups in total. The Morgan fingerprint density at radius 2 is 1.75 bits per heavy atom. The molecule has 0 saturated heterocycles. The van der Waals surface area contributed by atoms with Gasteiger partial charge in [0, 0.05) is 5.56 Å². The van der Waals surface area contributed by atoms with Crippen molar-refractivity contribution in [3.63, 3.8) is 0 Å². The van der Waals surface area contributed by atoms with Crippen molar-refractivity contribution in [3.05, 3.63) is 35.4 Å². The molecular formula is C17H24O3. The molecule has 3 heteroatoms. The van der Waals surface area contributed by atoms with E-state index in [1.807, 2.05) is 19.1 Å². The van der Waals surface area contributed by atoms with Crippen molar-refractivity contribution >= 4 is 11.8 Å². The van der Waals surface area contributed by atoms with E-state index in [4.69, 9.17) is 4.74 Å². The molecule has 1 unspecified atom stereocenters. The first-order valence-electron chi connectivity index (χ1n) is 7.43. The monoisotopic (exact) mass is 276 g/mol. The van der Waals surface area contributed by atoms with Crippen LogP contribution in [0, 0.1) is 5.92 Å². The van der Waals surface area contributed by atoms with Crippen LogP contribution in [0.1, 0.15) is 56.0 Å². The van der Waals surface area contributed by atoms with Gasteiger partial charge in [0.1, 0.15) is 5.92 Å². The molecule has 0 fully saturated rings. The van der Waals surface area contributed by atoms with Gasteiger partial charge in [-0.1, -0.05) is 51.0 Å². The van der Waals surface area contributed by atoms with E-state index in [0.717, 1.165) is 19.3 Å². The fourth-order valence-electron chi connectivity index (χ4n) is 2.11. The summed E-state index contributed by atoms with van der Waals surface area (Å²) in [6, 6.07) is 7.49. The zero-order valence-electron chi connectivity index (χ0n) is 12.6. The Kier molecular flexibility index (Phi) is 6.99. The zero-order chi connectivity index (χ0) is 15.0. The predicted octanol–water partition coefficient (Wildman–Crippen LogP) is 3.80. The molecule has 1 atom stereocenters. The number of hydrogen-bond donors (Lipinski definition) is 0. The van der Waals surface area contributed by atoms with Crippen molar-refractivity contribution in [3.8, 4) is 0 Å². The minimum absolute atomic E-state index is 0.125. The number of unbranched alkanes of at least 4 members (excludes halogenated alkanes) is 1. The molecule has 0 aromatic heterocycles. The summed E-state index contributed by atoms with van der Waals surface area (Å²) in [6.45, 7) is 6.18.